The van der Waals surface area contributed by atoms with Gasteiger partial charge < -0.3 is 0 Å². The summed E-state index contributed by atoms with van der Waals surface area (Å²) in [5.41, 5.74) is -5.00. The van der Waals surface area contributed by atoms with Crippen molar-refractivity contribution in [1.82, 2.24) is 13.7 Å². The maximum absolute atomic E-state index is 13.3. The smallest absolute Gasteiger partial charge is 0.247 e. The largest absolute Gasteiger partial charge is 0.337 e. The Balaban J connectivity index is 3.52. The summed E-state index contributed by atoms with van der Waals surface area (Å²) < 4.78 is 2.93. The quantitative estimate of drug-likeness (QED) is 0.185. The molecule has 0 aliphatic heterocycles. The van der Waals surface area contributed by atoms with Crippen LogP contribution < -0.4 is 17.1 Å². The van der Waals surface area contributed by atoms with Gasteiger partial charge in [0.15, 0.2) is 0 Å². The van der Waals surface area contributed by atoms with E-state index in [1.54, 1.807) is 0 Å². The van der Waals surface area contributed by atoms with Crippen LogP contribution in [0.15, 0.2) is 52.3 Å². The molecule has 1 heterocycles. The first-order valence-electron chi connectivity index (χ1n) is 12.8. The first-order valence-corrected chi connectivity index (χ1v) is 12.8. The molecule has 0 saturated heterocycles. The molecule has 0 saturated carbocycles. The Morgan fingerprint density at radius 2 is 1.13 bits per heavy atom. The second kappa shape index (κ2) is 13.0. The Morgan fingerprint density at radius 1 is 0.684 bits per heavy atom. The summed E-state index contributed by atoms with van der Waals surface area (Å²) in [6.07, 6.45) is 5.42. The monoisotopic (exact) mass is 537 g/mol. The fourth-order valence-corrected chi connectivity index (χ4v) is 3.48. The van der Waals surface area contributed by atoms with Gasteiger partial charge in [0.2, 0.25) is 0 Å². The summed E-state index contributed by atoms with van der Waals surface area (Å²) in [7, 11) is 0. The Kier molecular flexibility index (Phi) is 11.5. The van der Waals surface area contributed by atoms with E-state index in [2.05, 4.69) is 19.7 Å². The average Bonchev–Trinajstić information content (AvgIpc) is 2.79. The summed E-state index contributed by atoms with van der Waals surface area (Å²) >= 11 is 0. The summed E-state index contributed by atoms with van der Waals surface area (Å²) in [5, 5.41) is 0. The van der Waals surface area contributed by atoms with Crippen molar-refractivity contribution >= 4 is 0 Å². The van der Waals surface area contributed by atoms with Gasteiger partial charge >= 0.3 is 17.1 Å². The van der Waals surface area contributed by atoms with E-state index in [1.807, 2.05) is 62.3 Å². The Bertz CT molecular complexity index is 1100. The minimum atomic E-state index is -0.983. The number of hydrogen-bond donors (Lipinski definition) is 0. The molecule has 0 amide bonds. The number of nitrogens with zero attached hydrogens (tertiary/aromatic N) is 3. The van der Waals surface area contributed by atoms with Gasteiger partial charge in [-0.2, -0.15) is 0 Å². The zero-order valence-corrected chi connectivity index (χ0v) is 24.7. The minimum Gasteiger partial charge on any atom is -0.247 e. The molecule has 0 spiro atoms. The highest BCUT2D eigenvalue weighted by molar-refractivity contribution is 4.96. The van der Waals surface area contributed by atoms with E-state index in [4.69, 9.17) is 19.6 Å². The van der Waals surface area contributed by atoms with Crippen LogP contribution in [0.1, 0.15) is 87.6 Å². The van der Waals surface area contributed by atoms with Crippen LogP contribution in [0.3, 0.4) is 0 Å². The lowest BCUT2D eigenvalue weighted by Gasteiger charge is -2.36. The highest BCUT2D eigenvalue weighted by Gasteiger charge is 2.36. The lowest BCUT2D eigenvalue weighted by molar-refractivity contribution is -0.413. The third-order valence-electron chi connectivity index (χ3n) is 5.47. The van der Waals surface area contributed by atoms with Crippen LogP contribution in [0.5, 0.6) is 0 Å². The first kappa shape index (κ1) is 33.5. The van der Waals surface area contributed by atoms with Gasteiger partial charge in [-0.1, -0.05) is 18.2 Å². The molecule has 1 aromatic rings. The van der Waals surface area contributed by atoms with Gasteiger partial charge in [-0.15, -0.1) is 19.7 Å². The third-order valence-corrected chi connectivity index (χ3v) is 5.47. The molecule has 2 atom stereocenters. The van der Waals surface area contributed by atoms with Crippen LogP contribution in [-0.4, -0.2) is 36.1 Å². The Morgan fingerprint density at radius 3 is 1.53 bits per heavy atom. The second-order valence-corrected chi connectivity index (χ2v) is 12.3. The molecule has 2 unspecified atom stereocenters. The molecule has 0 aliphatic rings. The molecular formula is C28H47N3O7. The average molecular weight is 538 g/mol. The van der Waals surface area contributed by atoms with E-state index in [0.717, 1.165) is 13.7 Å². The molecule has 216 valence electrons. The predicted molar refractivity (Wildman–Crippen MR) is 149 cm³/mol. The predicted octanol–water partition coefficient (Wildman–Crippen LogP) is 4.47. The molecule has 0 bridgehead atoms. The van der Waals surface area contributed by atoms with Crippen molar-refractivity contribution in [2.45, 2.75) is 123 Å². The highest BCUT2D eigenvalue weighted by Crippen LogP contribution is 2.34. The molecule has 1 rings (SSSR count). The standard InChI is InChI=1S/C28H47N3O7/c1-13-18-29-22(32)30(19-14-2)24(34)31(23(29)33)21(15-3)20-28(12,38-36-26(7,8)9)17-16-27(10,11)37-35-25(4,5)6/h13-15,21H,1-3,16-20H2,4-12H3. The van der Waals surface area contributed by atoms with E-state index in [1.165, 1.54) is 18.2 Å². The van der Waals surface area contributed by atoms with Gasteiger partial charge in [0.05, 0.1) is 35.9 Å². The highest BCUT2D eigenvalue weighted by atomic mass is 17.2. The van der Waals surface area contributed by atoms with Crippen molar-refractivity contribution in [1.29, 1.82) is 0 Å². The van der Waals surface area contributed by atoms with Gasteiger partial charge in [0.25, 0.3) is 0 Å². The molecule has 1 aromatic heterocycles. The van der Waals surface area contributed by atoms with Crippen LogP contribution in [0.2, 0.25) is 0 Å². The molecular weight excluding hydrogens is 490 g/mol. The normalized spacial score (nSPS) is 15.1. The maximum Gasteiger partial charge on any atom is 0.337 e. The number of rotatable bonds is 15. The van der Waals surface area contributed by atoms with E-state index in [9.17, 15) is 14.4 Å². The van der Waals surface area contributed by atoms with Crippen LogP contribution >= 0.6 is 0 Å². The van der Waals surface area contributed by atoms with Gasteiger partial charge in [-0.05, 0) is 75.2 Å². The molecule has 0 aromatic carbocycles. The van der Waals surface area contributed by atoms with Crippen LogP contribution in [-0.2, 0) is 32.6 Å². The van der Waals surface area contributed by atoms with Crippen molar-refractivity contribution < 1.29 is 19.6 Å². The SMILES string of the molecule is C=CCn1c(=O)n(CC=C)c(=O)n(C(C=C)CC(C)(CCC(C)(C)OOC(C)(C)C)OOC(C)(C)C)c1=O. The van der Waals surface area contributed by atoms with Gasteiger partial charge in [-0.3, -0.25) is 0 Å². The zero-order chi connectivity index (χ0) is 29.5. The summed E-state index contributed by atoms with van der Waals surface area (Å²) in [4.78, 5) is 62.4. The van der Waals surface area contributed by atoms with E-state index >= 15 is 0 Å². The zero-order valence-electron chi connectivity index (χ0n) is 24.7. The van der Waals surface area contributed by atoms with Crippen molar-refractivity contribution in [2.75, 3.05) is 0 Å². The summed E-state index contributed by atoms with van der Waals surface area (Å²) in [6.45, 7) is 27.9. The minimum absolute atomic E-state index is 0.0564. The molecule has 0 radical (unpaired) electrons. The molecule has 38 heavy (non-hydrogen) atoms. The summed E-state index contributed by atoms with van der Waals surface area (Å²) in [5.74, 6) is 0. The van der Waals surface area contributed by atoms with Gasteiger partial charge in [0.1, 0.15) is 5.60 Å². The number of aromatic nitrogens is 3. The lowest BCUT2D eigenvalue weighted by atomic mass is 9.87. The Hall–Kier alpha value is -2.53. The first-order chi connectivity index (χ1) is 17.3. The number of hydrogen-bond acceptors (Lipinski definition) is 7. The van der Waals surface area contributed by atoms with Crippen LogP contribution in [0.4, 0.5) is 0 Å². The second-order valence-electron chi connectivity index (χ2n) is 12.3. The molecule has 10 nitrogen and oxygen atoms in total. The van der Waals surface area contributed by atoms with E-state index in [-0.39, 0.29) is 19.5 Å². The maximum atomic E-state index is 13.3. The lowest BCUT2D eigenvalue weighted by Crippen LogP contribution is -2.55. The van der Waals surface area contributed by atoms with Gasteiger partial charge in [-0.25, -0.2) is 47.6 Å². The fraction of sp³-hybridized carbons (Fsp3) is 0.679. The van der Waals surface area contributed by atoms with Crippen LogP contribution in [0, 0.1) is 0 Å². The third kappa shape index (κ3) is 9.98. The number of allylic oxidation sites excluding steroid dienone is 3. The van der Waals surface area contributed by atoms with Gasteiger partial charge in [0, 0.05) is 6.42 Å². The Labute approximate surface area is 226 Å². The van der Waals surface area contributed by atoms with Crippen LogP contribution in [0.25, 0.3) is 0 Å². The molecule has 10 heteroatoms. The fourth-order valence-electron chi connectivity index (χ4n) is 3.48. The van der Waals surface area contributed by atoms with E-state index in [0.29, 0.717) is 12.8 Å². The molecule has 0 aliphatic carbocycles. The van der Waals surface area contributed by atoms with E-state index < -0.39 is 45.5 Å². The van der Waals surface area contributed by atoms with Crippen molar-refractivity contribution in [3.05, 3.63) is 69.4 Å². The van der Waals surface area contributed by atoms with Crippen molar-refractivity contribution in [3.8, 4) is 0 Å². The molecule has 0 N–H and O–H groups in total. The summed E-state index contributed by atoms with van der Waals surface area (Å²) in [6, 6.07) is -0.814. The molecule has 0 fully saturated rings. The van der Waals surface area contributed by atoms with Crippen molar-refractivity contribution in [2.24, 2.45) is 0 Å². The van der Waals surface area contributed by atoms with Crippen molar-refractivity contribution in [3.63, 3.8) is 0 Å². The topological polar surface area (TPSA) is 103 Å².